The Hall–Kier alpha value is -3.54. The van der Waals surface area contributed by atoms with E-state index in [0.717, 1.165) is 5.56 Å². The van der Waals surface area contributed by atoms with Crippen LogP contribution in [0, 0.1) is 5.92 Å². The molecule has 42 heavy (non-hydrogen) atoms. The Morgan fingerprint density at radius 1 is 1.24 bits per heavy atom. The van der Waals surface area contributed by atoms with Crippen LogP contribution in [0.5, 0.6) is 0 Å². The van der Waals surface area contributed by atoms with E-state index in [2.05, 4.69) is 6.58 Å². The van der Waals surface area contributed by atoms with Crippen molar-refractivity contribution < 1.29 is 33.1 Å². The number of halogens is 1. The van der Waals surface area contributed by atoms with Crippen molar-refractivity contribution in [3.63, 3.8) is 0 Å². The molecule has 2 saturated heterocycles. The van der Waals surface area contributed by atoms with Crippen molar-refractivity contribution in [3.05, 3.63) is 72.3 Å². The number of aliphatic hydroxyl groups is 1. The highest BCUT2D eigenvalue weighted by Gasteiger charge is 2.67. The summed E-state index contributed by atoms with van der Waals surface area (Å²) in [6.45, 7) is 9.85. The number of rotatable bonds is 10. The predicted molar refractivity (Wildman–Crippen MR) is 159 cm³/mol. The number of hydrogen-bond acceptors (Lipinski definition) is 6. The third kappa shape index (κ3) is 5.14. The third-order valence-electron chi connectivity index (χ3n) is 8.64. The number of fused-ring (bicyclic) bond motifs is 2. The molecular weight excluding hydrogens is 557 g/mol. The number of ether oxygens (including phenoxy) is 2. The van der Waals surface area contributed by atoms with Crippen molar-refractivity contribution in [3.8, 4) is 0 Å². The minimum absolute atomic E-state index is 0.117. The summed E-state index contributed by atoms with van der Waals surface area (Å²) in [5.74, 6) is -1.21. The molecule has 224 valence electrons. The van der Waals surface area contributed by atoms with E-state index in [1.54, 1.807) is 47.2 Å². The summed E-state index contributed by atoms with van der Waals surface area (Å²) >= 11 is 0. The van der Waals surface area contributed by atoms with Crippen molar-refractivity contribution in [2.24, 2.45) is 5.92 Å². The predicted octanol–water partition coefficient (Wildman–Crippen LogP) is 4.36. The van der Waals surface area contributed by atoms with Crippen LogP contribution in [0.3, 0.4) is 0 Å². The zero-order valence-corrected chi connectivity index (χ0v) is 25.3. The van der Waals surface area contributed by atoms with Gasteiger partial charge in [0.1, 0.15) is 6.61 Å². The molecule has 0 aromatic heterocycles. The van der Waals surface area contributed by atoms with Crippen molar-refractivity contribution in [2.75, 3.05) is 42.6 Å². The summed E-state index contributed by atoms with van der Waals surface area (Å²) in [7, 11) is -3.50. The molecule has 11 heteroatoms. The second-order valence-corrected chi connectivity index (χ2v) is 15.5. The van der Waals surface area contributed by atoms with Gasteiger partial charge in [0.25, 0.3) is 5.91 Å². The molecule has 0 aliphatic carbocycles. The Morgan fingerprint density at radius 2 is 1.98 bits per heavy atom. The number of carbonyl (C=O) groups is 3. The normalized spacial score (nSPS) is 25.2. The molecule has 5 rings (SSSR count). The quantitative estimate of drug-likeness (QED) is 0.249. The van der Waals surface area contributed by atoms with E-state index in [9.17, 15) is 19.5 Å². The number of hydrogen-bond donors (Lipinski definition) is 1. The molecule has 1 N–H and O–H groups in total. The van der Waals surface area contributed by atoms with Gasteiger partial charge >= 0.3 is 6.09 Å². The largest absolute Gasteiger partial charge is 0.447 e. The molecule has 3 aliphatic heterocycles. The van der Waals surface area contributed by atoms with Gasteiger partial charge in [0.15, 0.2) is 5.60 Å². The Bertz CT molecular complexity index is 1370. The van der Waals surface area contributed by atoms with Gasteiger partial charge < -0.3 is 28.5 Å². The first-order valence-corrected chi connectivity index (χ1v) is 17.3. The lowest BCUT2D eigenvalue weighted by molar-refractivity contribution is -0.149. The fraction of sp³-hybridized carbons (Fsp3) is 0.452. The summed E-state index contributed by atoms with van der Waals surface area (Å²) in [6.07, 6.45) is 0.149. The maximum absolute atomic E-state index is 16.2. The van der Waals surface area contributed by atoms with Crippen LogP contribution in [-0.2, 0) is 31.2 Å². The molecule has 3 heterocycles. The van der Waals surface area contributed by atoms with Gasteiger partial charge in [-0.2, -0.15) is 0 Å². The monoisotopic (exact) mass is 595 g/mol. The Kier molecular flexibility index (Phi) is 8.28. The van der Waals surface area contributed by atoms with Gasteiger partial charge in [-0.1, -0.05) is 43.3 Å². The van der Waals surface area contributed by atoms with E-state index in [1.807, 2.05) is 37.3 Å². The standard InChI is InChI=1S/C31H38FN3O6Si/c1-5-13-35-25-12-11-23(34-15-17-40-30(34)39)18-24(25)31(29(35)38)21(2)28(42(3,4)32)26(41-31)19-27(37)33(14-16-36)20-22-9-7-6-8-10-22/h5-12,18,21,26,28,36H,1,13-17,19-20H2,2-4H3/t21-,26+,28-,31+/m1/s1. The van der Waals surface area contributed by atoms with Crippen LogP contribution in [0.1, 0.15) is 24.5 Å². The van der Waals surface area contributed by atoms with Gasteiger partial charge in [-0.15, -0.1) is 6.58 Å². The van der Waals surface area contributed by atoms with Crippen LogP contribution in [0.15, 0.2) is 61.2 Å². The van der Waals surface area contributed by atoms with Gasteiger partial charge in [-0.05, 0) is 36.9 Å². The minimum Gasteiger partial charge on any atom is -0.447 e. The zero-order chi connectivity index (χ0) is 30.2. The lowest BCUT2D eigenvalue weighted by atomic mass is 9.82. The van der Waals surface area contributed by atoms with E-state index in [-0.39, 0.29) is 44.5 Å². The van der Waals surface area contributed by atoms with E-state index < -0.39 is 37.7 Å². The van der Waals surface area contributed by atoms with Gasteiger partial charge in [-0.3, -0.25) is 14.5 Å². The van der Waals surface area contributed by atoms with Crippen LogP contribution in [0.2, 0.25) is 18.6 Å². The average Bonchev–Trinajstić information content (AvgIpc) is 3.58. The van der Waals surface area contributed by atoms with Crippen LogP contribution < -0.4 is 9.80 Å². The van der Waals surface area contributed by atoms with E-state index in [1.165, 1.54) is 4.90 Å². The SMILES string of the molecule is C=CCN1C(=O)[C@@]2(O[C@@H](CC(=O)N(CCO)Cc3ccccc3)[C@H]([Si](C)(C)F)[C@H]2C)c2cc(N3CCOC3=O)ccc21. The van der Waals surface area contributed by atoms with Gasteiger partial charge in [-0.25, -0.2) is 4.79 Å². The van der Waals surface area contributed by atoms with E-state index in [4.69, 9.17) is 9.47 Å². The number of anilines is 2. The maximum Gasteiger partial charge on any atom is 0.414 e. The molecule has 2 aromatic carbocycles. The molecule has 0 radical (unpaired) electrons. The number of aliphatic hydroxyl groups excluding tert-OH is 1. The second-order valence-electron chi connectivity index (χ2n) is 11.7. The smallest absolute Gasteiger partial charge is 0.414 e. The molecule has 0 bridgehead atoms. The number of nitrogens with zero attached hydrogens (tertiary/aromatic N) is 3. The molecular formula is C31H38FN3O6Si. The number of benzene rings is 2. The van der Waals surface area contributed by atoms with Gasteiger partial charge in [0.2, 0.25) is 14.3 Å². The third-order valence-corrected chi connectivity index (χ3v) is 11.1. The minimum atomic E-state index is -3.50. The molecule has 0 saturated carbocycles. The molecule has 1 spiro atoms. The molecule has 3 amide bonds. The zero-order valence-electron chi connectivity index (χ0n) is 24.3. The van der Waals surface area contributed by atoms with Crippen LogP contribution in [0.25, 0.3) is 0 Å². The fourth-order valence-electron chi connectivity index (χ4n) is 6.86. The number of cyclic esters (lactones) is 1. The lowest BCUT2D eigenvalue weighted by Crippen LogP contribution is -2.45. The van der Waals surface area contributed by atoms with Crippen molar-refractivity contribution in [1.82, 2.24) is 4.90 Å². The summed E-state index contributed by atoms with van der Waals surface area (Å²) < 4.78 is 28.0. The Balaban J connectivity index is 1.53. The topological polar surface area (TPSA) is 99.6 Å². The van der Waals surface area contributed by atoms with Crippen molar-refractivity contribution in [1.29, 1.82) is 0 Å². The summed E-state index contributed by atoms with van der Waals surface area (Å²) in [5.41, 5.74) is 0.415. The van der Waals surface area contributed by atoms with E-state index in [0.29, 0.717) is 30.0 Å². The Labute approximate surface area is 246 Å². The van der Waals surface area contributed by atoms with Crippen LogP contribution >= 0.6 is 0 Å². The van der Waals surface area contributed by atoms with Gasteiger partial charge in [0.05, 0.1) is 31.4 Å². The average molecular weight is 596 g/mol. The highest BCUT2D eigenvalue weighted by molar-refractivity contribution is 6.72. The molecule has 9 nitrogen and oxygen atoms in total. The lowest BCUT2D eigenvalue weighted by Gasteiger charge is -2.31. The summed E-state index contributed by atoms with van der Waals surface area (Å²) in [6, 6.07) is 14.7. The second kappa shape index (κ2) is 11.6. The Morgan fingerprint density at radius 3 is 2.60 bits per heavy atom. The molecule has 0 unspecified atom stereocenters. The molecule has 4 atom stereocenters. The number of amides is 3. The van der Waals surface area contributed by atoms with Crippen LogP contribution in [0.4, 0.5) is 20.3 Å². The highest BCUT2D eigenvalue weighted by atomic mass is 28.4. The van der Waals surface area contributed by atoms with Crippen LogP contribution in [-0.4, -0.2) is 75.3 Å². The fourth-order valence-corrected chi connectivity index (χ4v) is 9.35. The molecule has 2 fully saturated rings. The molecule has 2 aromatic rings. The summed E-state index contributed by atoms with van der Waals surface area (Å²) in [4.78, 5) is 45.0. The van der Waals surface area contributed by atoms with Crippen molar-refractivity contribution >= 4 is 37.7 Å². The maximum atomic E-state index is 16.2. The molecule has 3 aliphatic rings. The summed E-state index contributed by atoms with van der Waals surface area (Å²) in [5, 5.41) is 9.70. The van der Waals surface area contributed by atoms with E-state index >= 15 is 4.11 Å². The first kappa shape index (κ1) is 29.9. The van der Waals surface area contributed by atoms with Gasteiger partial charge in [0, 0.05) is 42.3 Å². The highest BCUT2D eigenvalue weighted by Crippen LogP contribution is 2.60. The first-order chi connectivity index (χ1) is 20.0. The van der Waals surface area contributed by atoms with Crippen molar-refractivity contribution in [2.45, 2.75) is 50.2 Å². The first-order valence-electron chi connectivity index (χ1n) is 14.3. The number of carbonyl (C=O) groups excluding carboxylic acids is 3.